The Labute approximate surface area is 244 Å². The van der Waals surface area contributed by atoms with Crippen LogP contribution in [0.25, 0.3) is 55.0 Å². The van der Waals surface area contributed by atoms with Gasteiger partial charge in [0.05, 0.1) is 0 Å². The molecule has 0 aliphatic heterocycles. The molecule has 0 unspecified atom stereocenters. The van der Waals surface area contributed by atoms with E-state index in [1.807, 2.05) is 12.1 Å². The molecule has 0 atom stereocenters. The van der Waals surface area contributed by atoms with E-state index >= 15 is 0 Å². The highest BCUT2D eigenvalue weighted by molar-refractivity contribution is 6.06. The molecule has 0 saturated heterocycles. The minimum absolute atomic E-state index is 0.883. The monoisotopic (exact) mass is 537 g/mol. The van der Waals surface area contributed by atoms with Gasteiger partial charge in [0.15, 0.2) is 0 Å². The quantitative estimate of drug-likeness (QED) is 0.217. The molecule has 42 heavy (non-hydrogen) atoms. The smallest absolute Gasteiger partial charge is 0.137 e. The number of furan rings is 1. The van der Waals surface area contributed by atoms with Crippen molar-refractivity contribution in [2.45, 2.75) is 0 Å². The van der Waals surface area contributed by atoms with Crippen molar-refractivity contribution < 1.29 is 4.42 Å². The van der Waals surface area contributed by atoms with Gasteiger partial charge in [0, 0.05) is 33.9 Å². The number of fused-ring (bicyclic) bond motifs is 4. The highest BCUT2D eigenvalue weighted by Gasteiger charge is 2.16. The molecular formula is C40H27NO. The predicted octanol–water partition coefficient (Wildman–Crippen LogP) is 11.5. The first-order chi connectivity index (χ1) is 20.8. The summed E-state index contributed by atoms with van der Waals surface area (Å²) in [6, 6.07) is 58.0. The predicted molar refractivity (Wildman–Crippen MR) is 177 cm³/mol. The molecule has 0 bridgehead atoms. The second kappa shape index (κ2) is 10.1. The molecule has 1 heterocycles. The maximum Gasteiger partial charge on any atom is 0.137 e. The highest BCUT2D eigenvalue weighted by Crippen LogP contribution is 2.40. The van der Waals surface area contributed by atoms with Gasteiger partial charge in [-0.1, -0.05) is 109 Å². The van der Waals surface area contributed by atoms with Crippen LogP contribution in [0.5, 0.6) is 0 Å². The summed E-state index contributed by atoms with van der Waals surface area (Å²) >= 11 is 0. The molecule has 0 N–H and O–H groups in total. The topological polar surface area (TPSA) is 16.4 Å². The number of nitrogens with zero attached hydrogens (tertiary/aromatic N) is 1. The van der Waals surface area contributed by atoms with Gasteiger partial charge in [-0.2, -0.15) is 0 Å². The molecule has 0 amide bonds. The van der Waals surface area contributed by atoms with Gasteiger partial charge in [-0.05, 0) is 81.6 Å². The van der Waals surface area contributed by atoms with E-state index in [-0.39, 0.29) is 0 Å². The Balaban J connectivity index is 1.24. The van der Waals surface area contributed by atoms with E-state index in [1.54, 1.807) is 0 Å². The Morgan fingerprint density at radius 2 is 0.976 bits per heavy atom. The van der Waals surface area contributed by atoms with Crippen LogP contribution in [0, 0.1) is 0 Å². The lowest BCUT2D eigenvalue weighted by Crippen LogP contribution is -2.09. The van der Waals surface area contributed by atoms with Crippen molar-refractivity contribution in [2.75, 3.05) is 4.90 Å². The lowest BCUT2D eigenvalue weighted by atomic mass is 9.95. The standard InChI is InChI=1S/C40H27NO/c1-2-16-32(17-3-1)41(34-23-24-38-37-20-6-7-22-39(37)42-40(38)27-34)33-18-9-14-30(26-33)29-13-8-15-31(25-29)36-21-10-12-28-11-4-5-19-35(28)36/h1-27H. The van der Waals surface area contributed by atoms with Crippen LogP contribution in [-0.2, 0) is 0 Å². The van der Waals surface area contributed by atoms with Gasteiger partial charge in [-0.15, -0.1) is 0 Å². The molecule has 1 aromatic heterocycles. The average molecular weight is 538 g/mol. The molecule has 0 spiro atoms. The molecule has 0 radical (unpaired) electrons. The van der Waals surface area contributed by atoms with E-state index in [9.17, 15) is 0 Å². The van der Waals surface area contributed by atoms with Gasteiger partial charge < -0.3 is 9.32 Å². The summed E-state index contributed by atoms with van der Waals surface area (Å²) in [5.74, 6) is 0. The fraction of sp³-hybridized carbons (Fsp3) is 0. The first-order valence-corrected chi connectivity index (χ1v) is 14.3. The zero-order valence-corrected chi connectivity index (χ0v) is 22.9. The van der Waals surface area contributed by atoms with Crippen LogP contribution < -0.4 is 4.90 Å². The van der Waals surface area contributed by atoms with Gasteiger partial charge in [0.25, 0.3) is 0 Å². The number of benzene rings is 7. The van der Waals surface area contributed by atoms with Crippen LogP contribution in [0.2, 0.25) is 0 Å². The summed E-state index contributed by atoms with van der Waals surface area (Å²) in [6.45, 7) is 0. The van der Waals surface area contributed by atoms with E-state index < -0.39 is 0 Å². The van der Waals surface area contributed by atoms with Gasteiger partial charge in [0.1, 0.15) is 11.2 Å². The van der Waals surface area contributed by atoms with Gasteiger partial charge >= 0.3 is 0 Å². The maximum atomic E-state index is 6.27. The summed E-state index contributed by atoms with van der Waals surface area (Å²) in [5, 5.41) is 4.78. The van der Waals surface area contributed by atoms with Crippen LogP contribution in [-0.4, -0.2) is 0 Å². The van der Waals surface area contributed by atoms with Crippen molar-refractivity contribution in [1.29, 1.82) is 0 Å². The second-order valence-electron chi connectivity index (χ2n) is 10.6. The van der Waals surface area contributed by atoms with E-state index in [4.69, 9.17) is 4.42 Å². The summed E-state index contributed by atoms with van der Waals surface area (Å²) in [6.07, 6.45) is 0. The minimum Gasteiger partial charge on any atom is -0.456 e. The Hall–Kier alpha value is -5.60. The number of anilines is 3. The maximum absolute atomic E-state index is 6.27. The molecule has 198 valence electrons. The molecule has 0 aliphatic carbocycles. The zero-order valence-electron chi connectivity index (χ0n) is 22.9. The number of rotatable bonds is 5. The van der Waals surface area contributed by atoms with E-state index in [2.05, 4.69) is 157 Å². The molecule has 2 heteroatoms. The van der Waals surface area contributed by atoms with Gasteiger partial charge in [-0.3, -0.25) is 0 Å². The van der Waals surface area contributed by atoms with Crippen LogP contribution in [0.1, 0.15) is 0 Å². The minimum atomic E-state index is 0.883. The molecule has 7 aromatic carbocycles. The van der Waals surface area contributed by atoms with Crippen LogP contribution >= 0.6 is 0 Å². The van der Waals surface area contributed by atoms with Crippen LogP contribution in [0.15, 0.2) is 168 Å². The van der Waals surface area contributed by atoms with E-state index in [1.165, 1.54) is 33.0 Å². The second-order valence-corrected chi connectivity index (χ2v) is 10.6. The normalized spacial score (nSPS) is 11.3. The van der Waals surface area contributed by atoms with Gasteiger partial charge in [-0.25, -0.2) is 0 Å². The van der Waals surface area contributed by atoms with Crippen LogP contribution in [0.3, 0.4) is 0 Å². The number of para-hydroxylation sites is 2. The summed E-state index contributed by atoms with van der Waals surface area (Å²) in [4.78, 5) is 2.30. The first kappa shape index (κ1) is 24.2. The average Bonchev–Trinajstić information content (AvgIpc) is 3.43. The number of hydrogen-bond acceptors (Lipinski definition) is 2. The Kier molecular flexibility index (Phi) is 5.82. The molecule has 8 aromatic rings. The third-order valence-corrected chi connectivity index (χ3v) is 8.04. The Morgan fingerprint density at radius 1 is 0.357 bits per heavy atom. The highest BCUT2D eigenvalue weighted by atomic mass is 16.3. The fourth-order valence-corrected chi connectivity index (χ4v) is 6.05. The lowest BCUT2D eigenvalue weighted by Gasteiger charge is -2.26. The summed E-state index contributed by atoms with van der Waals surface area (Å²) in [7, 11) is 0. The molecule has 8 rings (SSSR count). The molecule has 0 aliphatic rings. The third kappa shape index (κ3) is 4.22. The van der Waals surface area contributed by atoms with Crippen LogP contribution in [0.4, 0.5) is 17.1 Å². The first-order valence-electron chi connectivity index (χ1n) is 14.3. The van der Waals surface area contributed by atoms with E-state index in [0.717, 1.165) is 39.0 Å². The zero-order chi connectivity index (χ0) is 27.9. The van der Waals surface area contributed by atoms with E-state index in [0.29, 0.717) is 0 Å². The van der Waals surface area contributed by atoms with Crippen molar-refractivity contribution in [3.05, 3.63) is 164 Å². The molecule has 2 nitrogen and oxygen atoms in total. The lowest BCUT2D eigenvalue weighted by molar-refractivity contribution is 0.669. The van der Waals surface area contributed by atoms with Crippen molar-refractivity contribution in [2.24, 2.45) is 0 Å². The fourth-order valence-electron chi connectivity index (χ4n) is 6.05. The molecule has 0 fully saturated rings. The number of hydrogen-bond donors (Lipinski definition) is 0. The summed E-state index contributed by atoms with van der Waals surface area (Å²) < 4.78 is 6.27. The third-order valence-electron chi connectivity index (χ3n) is 8.04. The largest absolute Gasteiger partial charge is 0.456 e. The van der Waals surface area contributed by atoms with Crippen molar-refractivity contribution in [3.63, 3.8) is 0 Å². The summed E-state index contributed by atoms with van der Waals surface area (Å²) in [5.41, 5.74) is 9.83. The Bertz CT molecular complexity index is 2200. The van der Waals surface area contributed by atoms with Crippen molar-refractivity contribution in [1.82, 2.24) is 0 Å². The SMILES string of the molecule is c1ccc(N(c2cccc(-c3cccc(-c4cccc5ccccc45)c3)c2)c2ccc3c(c2)oc2ccccc23)cc1. The molecular weight excluding hydrogens is 510 g/mol. The van der Waals surface area contributed by atoms with Crippen molar-refractivity contribution >= 4 is 49.8 Å². The molecule has 0 saturated carbocycles. The van der Waals surface area contributed by atoms with Crippen molar-refractivity contribution in [3.8, 4) is 22.3 Å². The van der Waals surface area contributed by atoms with Gasteiger partial charge in [0.2, 0.25) is 0 Å². The Morgan fingerprint density at radius 3 is 1.88 bits per heavy atom.